The quantitative estimate of drug-likeness (QED) is 0.368. The van der Waals surface area contributed by atoms with Crippen molar-refractivity contribution in [3.63, 3.8) is 0 Å². The maximum Gasteiger partial charge on any atom is 0.322 e. The lowest BCUT2D eigenvalue weighted by Crippen LogP contribution is -2.46. The van der Waals surface area contributed by atoms with Crippen LogP contribution in [0.25, 0.3) is 0 Å². The number of fused-ring (bicyclic) bond motifs is 3. The fraction of sp³-hybridized carbons (Fsp3) is 0.469. The second-order valence-corrected chi connectivity index (χ2v) is 11.5. The Bertz CT molecular complexity index is 1420. The molecule has 0 N–H and O–H groups in total. The minimum Gasteiger partial charge on any atom is -0.489 e. The predicted octanol–water partition coefficient (Wildman–Crippen LogP) is 5.05. The highest BCUT2D eigenvalue weighted by molar-refractivity contribution is 6.01. The highest BCUT2D eigenvalue weighted by atomic mass is 16.6. The van der Waals surface area contributed by atoms with E-state index in [1.807, 2.05) is 6.07 Å². The lowest BCUT2D eigenvalue weighted by molar-refractivity contribution is -0.156. The van der Waals surface area contributed by atoms with Gasteiger partial charge in [-0.2, -0.15) is 5.26 Å². The van der Waals surface area contributed by atoms with Gasteiger partial charge in [-0.25, -0.2) is 0 Å². The molecule has 0 aromatic heterocycles. The maximum atomic E-state index is 13.0. The zero-order chi connectivity index (χ0) is 28.0. The summed E-state index contributed by atoms with van der Waals surface area (Å²) in [5.74, 6) is -4.79. The van der Waals surface area contributed by atoms with Gasteiger partial charge in [0.2, 0.25) is 0 Å². The Morgan fingerprint density at radius 1 is 0.875 bits per heavy atom. The molecule has 2 aliphatic heterocycles. The van der Waals surface area contributed by atoms with Crippen molar-refractivity contribution < 1.29 is 33.4 Å². The molecule has 3 fully saturated rings. The number of cyclic esters (lactones) is 4. The van der Waals surface area contributed by atoms with E-state index >= 15 is 0 Å². The topological polar surface area (TPSA) is 120 Å². The largest absolute Gasteiger partial charge is 0.489 e. The van der Waals surface area contributed by atoms with Crippen LogP contribution in [0.15, 0.2) is 42.5 Å². The van der Waals surface area contributed by atoms with Gasteiger partial charge in [0.05, 0.1) is 29.9 Å². The van der Waals surface area contributed by atoms with Crippen molar-refractivity contribution in [1.29, 1.82) is 5.26 Å². The summed E-state index contributed by atoms with van der Waals surface area (Å²) in [5, 5.41) is 10.0. The molecule has 1 saturated carbocycles. The van der Waals surface area contributed by atoms with E-state index in [9.17, 15) is 24.4 Å². The first-order chi connectivity index (χ1) is 19.4. The fourth-order valence-corrected chi connectivity index (χ4v) is 7.40. The van der Waals surface area contributed by atoms with Crippen LogP contribution in [0.4, 0.5) is 0 Å². The molecule has 5 atom stereocenters. The van der Waals surface area contributed by atoms with Crippen molar-refractivity contribution in [3.05, 3.63) is 64.7 Å². The number of carbonyl (C=O) groups is 4. The van der Waals surface area contributed by atoms with Crippen LogP contribution >= 0.6 is 0 Å². The number of rotatable bonds is 6. The van der Waals surface area contributed by atoms with Crippen LogP contribution in [0.3, 0.4) is 0 Å². The van der Waals surface area contributed by atoms with Crippen LogP contribution in [0.2, 0.25) is 0 Å². The number of hydrogen-bond acceptors (Lipinski definition) is 8. The minimum atomic E-state index is -1.00. The molecule has 0 radical (unpaired) electrons. The van der Waals surface area contributed by atoms with Crippen molar-refractivity contribution in [2.75, 3.05) is 0 Å². The molecule has 40 heavy (non-hydrogen) atoms. The average molecular weight is 542 g/mol. The van der Waals surface area contributed by atoms with E-state index in [0.29, 0.717) is 28.4 Å². The van der Waals surface area contributed by atoms with E-state index in [-0.39, 0.29) is 6.42 Å². The molecule has 2 aliphatic carbocycles. The molecular formula is C32H31NO7. The molecule has 6 rings (SSSR count). The number of carbonyl (C=O) groups excluding carboxylic acids is 4. The van der Waals surface area contributed by atoms with Crippen LogP contribution in [0.5, 0.6) is 5.75 Å². The summed E-state index contributed by atoms with van der Waals surface area (Å²) in [6.07, 6.45) is 5.67. The highest BCUT2D eigenvalue weighted by Crippen LogP contribution is 2.52. The zero-order valence-electron chi connectivity index (χ0n) is 22.3. The Morgan fingerprint density at radius 3 is 2.30 bits per heavy atom. The van der Waals surface area contributed by atoms with Crippen LogP contribution in [0, 0.1) is 29.1 Å². The van der Waals surface area contributed by atoms with Gasteiger partial charge in [-0.3, -0.25) is 19.2 Å². The number of benzene rings is 2. The van der Waals surface area contributed by atoms with Crippen LogP contribution in [-0.2, 0) is 28.7 Å². The van der Waals surface area contributed by atoms with Crippen LogP contribution in [-0.4, -0.2) is 30.0 Å². The lowest BCUT2D eigenvalue weighted by Gasteiger charge is -2.40. The van der Waals surface area contributed by atoms with Gasteiger partial charge in [-0.05, 0) is 66.3 Å². The van der Waals surface area contributed by atoms with Crippen LogP contribution in [0.1, 0.15) is 91.9 Å². The second-order valence-electron chi connectivity index (χ2n) is 11.5. The van der Waals surface area contributed by atoms with Gasteiger partial charge in [0.1, 0.15) is 17.8 Å². The molecule has 206 valence electrons. The molecule has 5 unspecified atom stereocenters. The first-order valence-corrected chi connectivity index (χ1v) is 14.2. The maximum absolute atomic E-state index is 13.0. The summed E-state index contributed by atoms with van der Waals surface area (Å²) in [4.78, 5) is 50.7. The summed E-state index contributed by atoms with van der Waals surface area (Å²) in [7, 11) is 0. The normalized spacial score (nSPS) is 31.1. The number of nitrogens with zero attached hydrogens (tertiary/aromatic N) is 1. The molecule has 2 aromatic carbocycles. The van der Waals surface area contributed by atoms with E-state index in [2.05, 4.69) is 13.0 Å². The first-order valence-electron chi connectivity index (χ1n) is 14.2. The molecule has 0 bridgehead atoms. The van der Waals surface area contributed by atoms with E-state index in [1.54, 1.807) is 36.4 Å². The van der Waals surface area contributed by atoms with Crippen molar-refractivity contribution in [2.24, 2.45) is 17.8 Å². The van der Waals surface area contributed by atoms with Gasteiger partial charge in [-0.15, -0.1) is 0 Å². The standard InChI is InChI=1S/C32H31NO7/c1-2-5-17-8-10-18(11-9-17)21-13-12-20(14-19(21)16-33)38-29-26(24-15-25(34)39-30(24)35)22-6-3-4-7-23(22)27-28(29)32(37)40-31(27)36/h3-4,6-7,12-14,17-18,24,26-29H,2,5,8-11,15H2,1H3. The predicted molar refractivity (Wildman–Crippen MR) is 141 cm³/mol. The van der Waals surface area contributed by atoms with Gasteiger partial charge in [0.25, 0.3) is 0 Å². The van der Waals surface area contributed by atoms with E-state index < -0.39 is 53.7 Å². The van der Waals surface area contributed by atoms with E-state index in [0.717, 1.165) is 37.2 Å². The molecule has 8 heteroatoms. The highest BCUT2D eigenvalue weighted by Gasteiger charge is 2.60. The molecule has 4 aliphatic rings. The molecular weight excluding hydrogens is 510 g/mol. The lowest BCUT2D eigenvalue weighted by atomic mass is 9.65. The van der Waals surface area contributed by atoms with Crippen molar-refractivity contribution in [3.8, 4) is 11.8 Å². The molecule has 0 spiro atoms. The summed E-state index contributed by atoms with van der Waals surface area (Å²) in [6.45, 7) is 2.21. The number of nitriles is 1. The Balaban J connectivity index is 1.36. The summed E-state index contributed by atoms with van der Waals surface area (Å²) in [6, 6.07) is 14.8. The Labute approximate surface area is 232 Å². The summed E-state index contributed by atoms with van der Waals surface area (Å²) < 4.78 is 16.4. The van der Waals surface area contributed by atoms with E-state index in [4.69, 9.17) is 14.2 Å². The Kier molecular flexibility index (Phi) is 6.91. The van der Waals surface area contributed by atoms with E-state index in [1.165, 1.54) is 12.8 Å². The SMILES string of the molecule is CCCC1CCC(c2ccc(OC3C4C(=O)OC(=O)C4c4ccccc4C3C3CC(=O)OC3=O)cc2C#N)CC1. The summed E-state index contributed by atoms with van der Waals surface area (Å²) >= 11 is 0. The Morgan fingerprint density at radius 2 is 1.62 bits per heavy atom. The molecule has 2 heterocycles. The second kappa shape index (κ2) is 10.5. The number of hydrogen-bond donors (Lipinski definition) is 0. The van der Waals surface area contributed by atoms with Crippen molar-refractivity contribution in [2.45, 2.75) is 75.7 Å². The molecule has 2 saturated heterocycles. The molecule has 2 aromatic rings. The third kappa shape index (κ3) is 4.47. The van der Waals surface area contributed by atoms with Gasteiger partial charge in [-0.1, -0.05) is 50.1 Å². The fourth-order valence-electron chi connectivity index (χ4n) is 7.40. The third-order valence-electron chi connectivity index (χ3n) is 9.22. The van der Waals surface area contributed by atoms with Crippen molar-refractivity contribution >= 4 is 23.9 Å². The molecule has 0 amide bonds. The van der Waals surface area contributed by atoms with Gasteiger partial charge in [0.15, 0.2) is 0 Å². The van der Waals surface area contributed by atoms with Gasteiger partial charge >= 0.3 is 23.9 Å². The smallest absolute Gasteiger partial charge is 0.322 e. The first kappa shape index (κ1) is 26.2. The minimum absolute atomic E-state index is 0.152. The number of esters is 4. The number of ether oxygens (including phenoxy) is 3. The monoisotopic (exact) mass is 541 g/mol. The zero-order valence-corrected chi connectivity index (χ0v) is 22.3. The molecule has 8 nitrogen and oxygen atoms in total. The summed E-state index contributed by atoms with van der Waals surface area (Å²) in [5.41, 5.74) is 2.75. The van der Waals surface area contributed by atoms with Crippen molar-refractivity contribution in [1.82, 2.24) is 0 Å². The van der Waals surface area contributed by atoms with Gasteiger partial charge in [0, 0.05) is 5.92 Å². The average Bonchev–Trinajstić information content (AvgIpc) is 3.45. The van der Waals surface area contributed by atoms with Crippen LogP contribution < -0.4 is 4.74 Å². The third-order valence-corrected chi connectivity index (χ3v) is 9.22. The van der Waals surface area contributed by atoms with Gasteiger partial charge < -0.3 is 14.2 Å². The Hall–Kier alpha value is -3.99.